The molecule has 0 radical (unpaired) electrons. The maximum absolute atomic E-state index is 9.49. The lowest BCUT2D eigenvalue weighted by Crippen LogP contribution is -2.27. The molecule has 0 bridgehead atoms. The van der Waals surface area contributed by atoms with Crippen LogP contribution in [-0.2, 0) is 4.74 Å². The number of aliphatic hydroxyl groups excluding tert-OH is 1. The van der Waals surface area contributed by atoms with Crippen LogP contribution in [0.4, 0.5) is 0 Å². The molecule has 13 heavy (non-hydrogen) atoms. The molecule has 1 N–H and O–H groups in total. The van der Waals surface area contributed by atoms with Crippen LogP contribution >= 0.6 is 11.8 Å². The average Bonchev–Trinajstić information content (AvgIpc) is 2.53. The van der Waals surface area contributed by atoms with Crippen LogP contribution in [0.1, 0.15) is 26.2 Å². The van der Waals surface area contributed by atoms with Crippen LogP contribution in [0, 0.1) is 0 Å². The first-order valence-electron chi connectivity index (χ1n) is 4.89. The van der Waals surface area contributed by atoms with Crippen LogP contribution in [0.2, 0.25) is 0 Å². The van der Waals surface area contributed by atoms with Crippen molar-refractivity contribution in [3.8, 4) is 0 Å². The van der Waals surface area contributed by atoms with E-state index in [4.69, 9.17) is 4.74 Å². The van der Waals surface area contributed by atoms with E-state index >= 15 is 0 Å². The Hall–Kier alpha value is 0.01000. The number of aliphatic hydroxyl groups is 1. The van der Waals surface area contributed by atoms with Crippen LogP contribution in [0.15, 0.2) is 11.6 Å². The molecule has 0 aromatic heterocycles. The Morgan fingerprint density at radius 3 is 3.15 bits per heavy atom. The van der Waals surface area contributed by atoms with Gasteiger partial charge in [-0.3, -0.25) is 0 Å². The highest BCUT2D eigenvalue weighted by molar-refractivity contribution is 8.00. The molecule has 0 saturated carbocycles. The summed E-state index contributed by atoms with van der Waals surface area (Å²) in [6, 6.07) is 0. The van der Waals surface area contributed by atoms with Crippen molar-refractivity contribution < 1.29 is 9.84 Å². The van der Waals surface area contributed by atoms with Crippen molar-refractivity contribution in [2.45, 2.75) is 37.2 Å². The molecule has 0 aromatic carbocycles. The van der Waals surface area contributed by atoms with Gasteiger partial charge in [0.1, 0.15) is 4.93 Å². The van der Waals surface area contributed by atoms with Crippen LogP contribution < -0.4 is 0 Å². The molecular weight excluding hydrogens is 184 g/mol. The zero-order valence-corrected chi connectivity index (χ0v) is 8.77. The second kappa shape index (κ2) is 3.64. The van der Waals surface area contributed by atoms with Gasteiger partial charge >= 0.3 is 0 Å². The Bertz CT molecular complexity index is 217. The molecule has 0 unspecified atom stereocenters. The van der Waals surface area contributed by atoms with Gasteiger partial charge in [-0.25, -0.2) is 0 Å². The zero-order chi connectivity index (χ0) is 9.31. The lowest BCUT2D eigenvalue weighted by Gasteiger charge is -2.30. The SMILES string of the molecule is C[C@@H](O)C1=C[C@]2(CCC1)OCCS2. The van der Waals surface area contributed by atoms with Crippen molar-refractivity contribution in [2.24, 2.45) is 0 Å². The maximum atomic E-state index is 9.49. The van der Waals surface area contributed by atoms with Gasteiger partial charge in [0.15, 0.2) is 0 Å². The number of ether oxygens (including phenoxy) is 1. The largest absolute Gasteiger partial charge is 0.389 e. The summed E-state index contributed by atoms with van der Waals surface area (Å²) in [6.45, 7) is 2.69. The highest BCUT2D eigenvalue weighted by atomic mass is 32.2. The summed E-state index contributed by atoms with van der Waals surface area (Å²) in [5, 5.41) is 9.49. The van der Waals surface area contributed by atoms with Gasteiger partial charge in [0.2, 0.25) is 0 Å². The third-order valence-electron chi connectivity index (χ3n) is 2.71. The number of hydrogen-bond acceptors (Lipinski definition) is 3. The number of thioether (sulfide) groups is 1. The average molecular weight is 200 g/mol. The van der Waals surface area contributed by atoms with Crippen molar-refractivity contribution >= 4 is 11.8 Å². The van der Waals surface area contributed by atoms with E-state index in [0.29, 0.717) is 0 Å². The first-order valence-corrected chi connectivity index (χ1v) is 5.88. The molecule has 3 heteroatoms. The normalized spacial score (nSPS) is 36.3. The van der Waals surface area contributed by atoms with Gasteiger partial charge in [0.05, 0.1) is 12.7 Å². The van der Waals surface area contributed by atoms with Crippen molar-refractivity contribution in [3.05, 3.63) is 11.6 Å². The molecule has 2 atom stereocenters. The number of rotatable bonds is 1. The molecule has 1 aliphatic carbocycles. The van der Waals surface area contributed by atoms with Crippen LogP contribution in [-0.4, -0.2) is 28.5 Å². The molecule has 74 valence electrons. The van der Waals surface area contributed by atoms with E-state index in [1.165, 1.54) is 0 Å². The minimum Gasteiger partial charge on any atom is -0.389 e. The summed E-state index contributed by atoms with van der Waals surface area (Å²) in [4.78, 5) is -0.0788. The third-order valence-corrected chi connectivity index (χ3v) is 4.01. The van der Waals surface area contributed by atoms with Gasteiger partial charge < -0.3 is 9.84 Å². The number of hydrogen-bond donors (Lipinski definition) is 1. The maximum Gasteiger partial charge on any atom is 0.132 e. The Kier molecular flexibility index (Phi) is 2.67. The Morgan fingerprint density at radius 2 is 2.54 bits per heavy atom. The van der Waals surface area contributed by atoms with E-state index in [9.17, 15) is 5.11 Å². The minimum atomic E-state index is -0.304. The topological polar surface area (TPSA) is 29.5 Å². The van der Waals surface area contributed by atoms with E-state index < -0.39 is 0 Å². The third kappa shape index (κ3) is 1.92. The predicted molar refractivity (Wildman–Crippen MR) is 54.8 cm³/mol. The molecule has 1 aliphatic heterocycles. The second-order valence-corrected chi connectivity index (χ2v) is 5.15. The van der Waals surface area contributed by atoms with Gasteiger partial charge in [-0.2, -0.15) is 0 Å². The van der Waals surface area contributed by atoms with Crippen molar-refractivity contribution in [2.75, 3.05) is 12.4 Å². The van der Waals surface area contributed by atoms with Crippen LogP contribution in [0.5, 0.6) is 0 Å². The van der Waals surface area contributed by atoms with E-state index in [1.807, 2.05) is 18.7 Å². The fraction of sp³-hybridized carbons (Fsp3) is 0.800. The summed E-state index contributed by atoms with van der Waals surface area (Å²) < 4.78 is 5.74. The van der Waals surface area contributed by atoms with Gasteiger partial charge in [-0.05, 0) is 37.8 Å². The molecule has 2 aliphatic rings. The molecule has 0 aromatic rings. The van der Waals surface area contributed by atoms with Crippen molar-refractivity contribution in [1.82, 2.24) is 0 Å². The van der Waals surface area contributed by atoms with Gasteiger partial charge in [-0.15, -0.1) is 11.8 Å². The molecule has 1 saturated heterocycles. The van der Waals surface area contributed by atoms with Crippen LogP contribution in [0.3, 0.4) is 0 Å². The highest BCUT2D eigenvalue weighted by Gasteiger charge is 2.36. The minimum absolute atomic E-state index is 0.0788. The fourth-order valence-electron chi connectivity index (χ4n) is 1.99. The summed E-state index contributed by atoms with van der Waals surface area (Å²) in [5.74, 6) is 1.09. The molecule has 2 nitrogen and oxygen atoms in total. The highest BCUT2D eigenvalue weighted by Crippen LogP contribution is 2.43. The summed E-state index contributed by atoms with van der Waals surface area (Å²) in [7, 11) is 0. The standard InChI is InChI=1S/C10H16O2S/c1-8(11)9-3-2-4-10(7-9)12-5-6-13-10/h7-8,11H,2-6H2,1H3/t8-,10-/m1/s1. The first-order chi connectivity index (χ1) is 6.22. The lowest BCUT2D eigenvalue weighted by molar-refractivity contribution is 0.0720. The second-order valence-electron chi connectivity index (χ2n) is 3.76. The van der Waals surface area contributed by atoms with Gasteiger partial charge in [-0.1, -0.05) is 0 Å². The van der Waals surface area contributed by atoms with Crippen LogP contribution in [0.25, 0.3) is 0 Å². The molecule has 2 rings (SSSR count). The molecule has 0 amide bonds. The van der Waals surface area contributed by atoms with E-state index in [2.05, 4.69) is 6.08 Å². The Labute approximate surface area is 83.4 Å². The lowest BCUT2D eigenvalue weighted by atomic mass is 9.94. The summed E-state index contributed by atoms with van der Waals surface area (Å²) >= 11 is 1.88. The van der Waals surface area contributed by atoms with Gasteiger partial charge in [0, 0.05) is 5.75 Å². The predicted octanol–water partition coefficient (Wildman–Crippen LogP) is 1.94. The van der Waals surface area contributed by atoms with E-state index in [1.54, 1.807) is 0 Å². The summed E-state index contributed by atoms with van der Waals surface area (Å²) in [6.07, 6.45) is 5.13. The quantitative estimate of drug-likeness (QED) is 0.656. The smallest absolute Gasteiger partial charge is 0.132 e. The molecular formula is C10H16O2S. The van der Waals surface area contributed by atoms with Crippen molar-refractivity contribution in [1.29, 1.82) is 0 Å². The van der Waals surface area contributed by atoms with E-state index in [-0.39, 0.29) is 11.0 Å². The fourth-order valence-corrected chi connectivity index (χ4v) is 3.20. The summed E-state index contributed by atoms with van der Waals surface area (Å²) in [5.41, 5.74) is 1.15. The molecule has 1 spiro atoms. The van der Waals surface area contributed by atoms with Gasteiger partial charge in [0.25, 0.3) is 0 Å². The first kappa shape index (κ1) is 9.56. The molecule has 1 fully saturated rings. The Morgan fingerprint density at radius 1 is 1.69 bits per heavy atom. The van der Waals surface area contributed by atoms with Crippen molar-refractivity contribution in [3.63, 3.8) is 0 Å². The molecule has 1 heterocycles. The Balaban J connectivity index is 2.16. The monoisotopic (exact) mass is 200 g/mol. The zero-order valence-electron chi connectivity index (χ0n) is 7.95. The van der Waals surface area contributed by atoms with E-state index in [0.717, 1.165) is 37.2 Å².